The number of amides is 1. The summed E-state index contributed by atoms with van der Waals surface area (Å²) in [6.45, 7) is 0.504. The van der Waals surface area contributed by atoms with E-state index < -0.39 is 0 Å². The lowest BCUT2D eigenvalue weighted by molar-refractivity contribution is 0.0950. The number of benzene rings is 1. The molecule has 2 heterocycles. The number of aromatic nitrogens is 2. The summed E-state index contributed by atoms with van der Waals surface area (Å²) in [4.78, 5) is 17.0. The van der Waals surface area contributed by atoms with Gasteiger partial charge in [-0.3, -0.25) is 9.20 Å². The van der Waals surface area contributed by atoms with Crippen LogP contribution in [-0.4, -0.2) is 15.3 Å². The van der Waals surface area contributed by atoms with Gasteiger partial charge in [-0.1, -0.05) is 18.2 Å². The maximum atomic E-state index is 11.9. The molecule has 0 saturated heterocycles. The number of hydrogen-bond acceptors (Lipinski definition) is 3. The van der Waals surface area contributed by atoms with Crippen LogP contribution in [0.1, 0.15) is 16.1 Å². The number of hydrogen-bond donors (Lipinski definition) is 1. The molecule has 4 nitrogen and oxygen atoms in total. The maximum Gasteiger partial charge on any atom is 0.251 e. The van der Waals surface area contributed by atoms with Crippen molar-refractivity contribution in [3.63, 3.8) is 0 Å². The van der Waals surface area contributed by atoms with Crippen LogP contribution >= 0.6 is 11.3 Å². The summed E-state index contributed by atoms with van der Waals surface area (Å²) in [7, 11) is 0. The summed E-state index contributed by atoms with van der Waals surface area (Å²) in [5, 5.41) is 4.91. The fourth-order valence-electron chi connectivity index (χ4n) is 1.76. The van der Waals surface area contributed by atoms with E-state index in [2.05, 4.69) is 10.3 Å². The summed E-state index contributed by atoms with van der Waals surface area (Å²) >= 11 is 1.57. The topological polar surface area (TPSA) is 46.4 Å². The van der Waals surface area contributed by atoms with Gasteiger partial charge in [-0.25, -0.2) is 4.98 Å². The molecule has 90 valence electrons. The van der Waals surface area contributed by atoms with Gasteiger partial charge in [0.05, 0.1) is 12.2 Å². The van der Waals surface area contributed by atoms with Gasteiger partial charge < -0.3 is 5.32 Å². The summed E-state index contributed by atoms with van der Waals surface area (Å²) in [6.07, 6.45) is 3.66. The Hall–Kier alpha value is -2.14. The standard InChI is InChI=1S/C13H11N3OS/c17-12(10-4-2-1-3-5-10)15-8-11-9-18-13-14-6-7-16(11)13/h1-7,9H,8H2,(H,15,17). The second-order valence-corrected chi connectivity index (χ2v) is 4.69. The molecule has 0 aliphatic heterocycles. The van der Waals surface area contributed by atoms with Crippen LogP contribution in [0.2, 0.25) is 0 Å². The fourth-order valence-corrected chi connectivity index (χ4v) is 2.61. The minimum atomic E-state index is -0.0601. The number of nitrogens with zero attached hydrogens (tertiary/aromatic N) is 2. The largest absolute Gasteiger partial charge is 0.346 e. The van der Waals surface area contributed by atoms with Crippen molar-refractivity contribution >= 4 is 22.2 Å². The zero-order valence-corrected chi connectivity index (χ0v) is 10.4. The van der Waals surface area contributed by atoms with Gasteiger partial charge in [0.25, 0.3) is 5.91 Å². The van der Waals surface area contributed by atoms with Crippen LogP contribution < -0.4 is 5.32 Å². The number of rotatable bonds is 3. The van der Waals surface area contributed by atoms with Gasteiger partial charge in [0.15, 0.2) is 4.96 Å². The summed E-state index contributed by atoms with van der Waals surface area (Å²) < 4.78 is 1.98. The number of nitrogens with one attached hydrogen (secondary N) is 1. The van der Waals surface area contributed by atoms with Crippen molar-refractivity contribution in [1.29, 1.82) is 0 Å². The highest BCUT2D eigenvalue weighted by Crippen LogP contribution is 2.14. The van der Waals surface area contributed by atoms with Crippen LogP contribution in [-0.2, 0) is 6.54 Å². The Labute approximate surface area is 108 Å². The molecule has 0 radical (unpaired) electrons. The predicted molar refractivity (Wildman–Crippen MR) is 70.7 cm³/mol. The molecule has 5 heteroatoms. The fraction of sp³-hybridized carbons (Fsp3) is 0.0769. The molecule has 2 aromatic heterocycles. The number of imidazole rings is 1. The van der Waals surface area contributed by atoms with Gasteiger partial charge in [0.1, 0.15) is 0 Å². The molecule has 1 amide bonds. The Morgan fingerprint density at radius 3 is 3.00 bits per heavy atom. The first-order chi connectivity index (χ1) is 8.84. The van der Waals surface area contributed by atoms with E-state index in [1.165, 1.54) is 0 Å². The van der Waals surface area contributed by atoms with Crippen molar-refractivity contribution in [2.24, 2.45) is 0 Å². The third kappa shape index (κ3) is 2.00. The lowest BCUT2D eigenvalue weighted by atomic mass is 10.2. The molecule has 18 heavy (non-hydrogen) atoms. The molecule has 0 bridgehead atoms. The highest BCUT2D eigenvalue weighted by Gasteiger charge is 2.07. The first-order valence-corrected chi connectivity index (χ1v) is 6.45. The van der Waals surface area contributed by atoms with E-state index in [-0.39, 0.29) is 5.91 Å². The van der Waals surface area contributed by atoms with E-state index in [0.717, 1.165) is 10.7 Å². The minimum absolute atomic E-state index is 0.0601. The number of thiazole rings is 1. The monoisotopic (exact) mass is 257 g/mol. The van der Waals surface area contributed by atoms with E-state index in [0.29, 0.717) is 12.1 Å². The van der Waals surface area contributed by atoms with Gasteiger partial charge in [0.2, 0.25) is 0 Å². The summed E-state index contributed by atoms with van der Waals surface area (Å²) in [5.41, 5.74) is 1.71. The number of fused-ring (bicyclic) bond motifs is 1. The maximum absolute atomic E-state index is 11.9. The number of carbonyl (C=O) groups excluding carboxylic acids is 1. The van der Waals surface area contributed by atoms with Gasteiger partial charge >= 0.3 is 0 Å². The molecule has 1 aromatic carbocycles. The summed E-state index contributed by atoms with van der Waals surface area (Å²) in [5.74, 6) is -0.0601. The molecule has 0 unspecified atom stereocenters. The molecule has 0 aliphatic carbocycles. The van der Waals surface area contributed by atoms with Crippen LogP contribution in [0, 0.1) is 0 Å². The van der Waals surface area contributed by atoms with Crippen molar-refractivity contribution in [3.8, 4) is 0 Å². The van der Waals surface area contributed by atoms with Gasteiger partial charge in [-0.2, -0.15) is 0 Å². The molecular formula is C13H11N3OS. The molecule has 0 fully saturated rings. The molecule has 0 spiro atoms. The lowest BCUT2D eigenvalue weighted by Gasteiger charge is -2.04. The van der Waals surface area contributed by atoms with E-state index in [1.807, 2.05) is 34.2 Å². The van der Waals surface area contributed by atoms with Crippen molar-refractivity contribution < 1.29 is 4.79 Å². The second-order valence-electron chi connectivity index (χ2n) is 3.86. The lowest BCUT2D eigenvalue weighted by Crippen LogP contribution is -2.23. The Kier molecular flexibility index (Phi) is 2.82. The highest BCUT2D eigenvalue weighted by molar-refractivity contribution is 7.15. The Balaban J connectivity index is 1.72. The molecule has 3 aromatic rings. The molecule has 1 N–H and O–H groups in total. The van der Waals surface area contributed by atoms with Crippen LogP contribution in [0.25, 0.3) is 4.96 Å². The SMILES string of the molecule is O=C(NCc1csc2nccn12)c1ccccc1. The third-order valence-electron chi connectivity index (χ3n) is 2.68. The van der Waals surface area contributed by atoms with Gasteiger partial charge in [0, 0.05) is 23.3 Å². The zero-order chi connectivity index (χ0) is 12.4. The first kappa shape index (κ1) is 11.0. The molecule has 0 atom stereocenters. The Morgan fingerprint density at radius 1 is 1.33 bits per heavy atom. The van der Waals surface area contributed by atoms with Crippen molar-refractivity contribution in [3.05, 3.63) is 59.4 Å². The van der Waals surface area contributed by atoms with E-state index in [9.17, 15) is 4.79 Å². The third-order valence-corrected chi connectivity index (χ3v) is 3.59. The molecule has 3 rings (SSSR count). The molecular weight excluding hydrogens is 246 g/mol. The van der Waals surface area contributed by atoms with Crippen molar-refractivity contribution in [2.45, 2.75) is 6.54 Å². The smallest absolute Gasteiger partial charge is 0.251 e. The average molecular weight is 257 g/mol. The average Bonchev–Trinajstić information content (AvgIpc) is 3.00. The summed E-state index contributed by atoms with van der Waals surface area (Å²) in [6, 6.07) is 9.21. The Bertz CT molecular complexity index is 672. The van der Waals surface area contributed by atoms with Gasteiger partial charge in [-0.05, 0) is 12.1 Å². The normalized spacial score (nSPS) is 10.7. The van der Waals surface area contributed by atoms with Crippen LogP contribution in [0.3, 0.4) is 0 Å². The molecule has 0 saturated carbocycles. The van der Waals surface area contributed by atoms with E-state index in [1.54, 1.807) is 29.7 Å². The van der Waals surface area contributed by atoms with Crippen LogP contribution in [0.4, 0.5) is 0 Å². The minimum Gasteiger partial charge on any atom is -0.346 e. The second kappa shape index (κ2) is 4.62. The zero-order valence-electron chi connectivity index (χ0n) is 9.54. The quantitative estimate of drug-likeness (QED) is 0.782. The van der Waals surface area contributed by atoms with E-state index >= 15 is 0 Å². The van der Waals surface area contributed by atoms with Gasteiger partial charge in [-0.15, -0.1) is 11.3 Å². The number of carbonyl (C=O) groups is 1. The van der Waals surface area contributed by atoms with E-state index in [4.69, 9.17) is 0 Å². The highest BCUT2D eigenvalue weighted by atomic mass is 32.1. The van der Waals surface area contributed by atoms with Crippen LogP contribution in [0.5, 0.6) is 0 Å². The Morgan fingerprint density at radius 2 is 2.17 bits per heavy atom. The van der Waals surface area contributed by atoms with Crippen molar-refractivity contribution in [2.75, 3.05) is 0 Å². The first-order valence-electron chi connectivity index (χ1n) is 5.57. The predicted octanol–water partition coefficient (Wildman–Crippen LogP) is 2.33. The van der Waals surface area contributed by atoms with Crippen LogP contribution in [0.15, 0.2) is 48.1 Å². The van der Waals surface area contributed by atoms with Crippen molar-refractivity contribution in [1.82, 2.24) is 14.7 Å². The molecule has 0 aliphatic rings.